The lowest BCUT2D eigenvalue weighted by atomic mass is 10.2. The monoisotopic (exact) mass is 382 g/mol. The molecule has 6 nitrogen and oxygen atoms in total. The minimum Gasteiger partial charge on any atom is -0.493 e. The molecule has 0 unspecified atom stereocenters. The van der Waals surface area contributed by atoms with Crippen LogP contribution in [0.15, 0.2) is 53.4 Å². The van der Waals surface area contributed by atoms with Crippen molar-refractivity contribution < 1.29 is 26.9 Å². The molecule has 25 heavy (non-hydrogen) atoms. The third kappa shape index (κ3) is 4.98. The van der Waals surface area contributed by atoms with E-state index in [1.807, 2.05) is 0 Å². The lowest BCUT2D eigenvalue weighted by molar-refractivity contribution is -0.134. The molecule has 2 aromatic rings. The Morgan fingerprint density at radius 2 is 1.72 bits per heavy atom. The van der Waals surface area contributed by atoms with Crippen molar-refractivity contribution in [2.45, 2.75) is 4.90 Å². The van der Waals surface area contributed by atoms with Gasteiger partial charge in [0.05, 0.1) is 14.2 Å². The van der Waals surface area contributed by atoms with Gasteiger partial charge < -0.3 is 13.7 Å². The van der Waals surface area contributed by atoms with Crippen molar-refractivity contribution in [3.63, 3.8) is 0 Å². The highest BCUT2D eigenvalue weighted by Crippen LogP contribution is 2.31. The van der Waals surface area contributed by atoms with E-state index in [-0.39, 0.29) is 16.4 Å². The van der Waals surface area contributed by atoms with Crippen LogP contribution in [0.1, 0.15) is 5.56 Å². The summed E-state index contributed by atoms with van der Waals surface area (Å²) in [4.78, 5) is 11.1. The normalized spacial score (nSPS) is 11.3. The maximum absolute atomic E-state index is 12.3. The van der Waals surface area contributed by atoms with Gasteiger partial charge in [-0.3, -0.25) is 0 Å². The first-order valence-corrected chi connectivity index (χ1v) is 8.78. The summed E-state index contributed by atoms with van der Waals surface area (Å²) in [6.45, 7) is 0. The van der Waals surface area contributed by atoms with Crippen LogP contribution in [-0.2, 0) is 19.6 Å². The van der Waals surface area contributed by atoms with Gasteiger partial charge in [-0.05, 0) is 48.0 Å². The molecule has 0 heterocycles. The molecule has 2 rings (SSSR count). The molecule has 0 bridgehead atoms. The van der Waals surface area contributed by atoms with Crippen LogP contribution < -0.4 is 8.92 Å². The molecule has 0 saturated heterocycles. The number of carbonyl (C=O) groups is 1. The van der Waals surface area contributed by atoms with Crippen LogP contribution in [0, 0.1) is 0 Å². The van der Waals surface area contributed by atoms with E-state index in [1.54, 1.807) is 6.07 Å². The van der Waals surface area contributed by atoms with E-state index < -0.39 is 16.1 Å². The number of hydrogen-bond donors (Lipinski definition) is 0. The Hall–Kier alpha value is -2.51. The molecule has 8 heteroatoms. The maximum Gasteiger partial charge on any atom is 0.339 e. The van der Waals surface area contributed by atoms with E-state index in [0.29, 0.717) is 10.6 Å². The van der Waals surface area contributed by atoms with Gasteiger partial charge in [0, 0.05) is 11.1 Å². The average molecular weight is 383 g/mol. The molecule has 0 radical (unpaired) electrons. The number of benzene rings is 2. The molecule has 0 spiro atoms. The Balaban J connectivity index is 2.28. The van der Waals surface area contributed by atoms with Crippen LogP contribution >= 0.6 is 11.6 Å². The topological polar surface area (TPSA) is 78.9 Å². The van der Waals surface area contributed by atoms with Crippen molar-refractivity contribution >= 4 is 33.8 Å². The van der Waals surface area contributed by atoms with Gasteiger partial charge in [-0.25, -0.2) is 4.79 Å². The fraction of sp³-hybridized carbons (Fsp3) is 0.118. The molecule has 0 aromatic heterocycles. The fourth-order valence-electron chi connectivity index (χ4n) is 1.86. The van der Waals surface area contributed by atoms with Crippen LogP contribution in [0.2, 0.25) is 5.02 Å². The van der Waals surface area contributed by atoms with Gasteiger partial charge in [0.2, 0.25) is 0 Å². The number of hydrogen-bond acceptors (Lipinski definition) is 6. The molecular formula is C17H15ClO6S. The van der Waals surface area contributed by atoms with Gasteiger partial charge in [-0.15, -0.1) is 0 Å². The number of methoxy groups -OCH3 is 2. The quantitative estimate of drug-likeness (QED) is 0.433. The van der Waals surface area contributed by atoms with Crippen molar-refractivity contribution in [1.29, 1.82) is 0 Å². The SMILES string of the molecule is COC(=O)/C=C/c1ccc(OS(=O)(=O)c2ccc(Cl)cc2)c(OC)c1. The van der Waals surface area contributed by atoms with Gasteiger partial charge in [0.25, 0.3) is 0 Å². The molecule has 0 aliphatic carbocycles. The van der Waals surface area contributed by atoms with Crippen molar-refractivity contribution in [1.82, 2.24) is 0 Å². The summed E-state index contributed by atoms with van der Waals surface area (Å²) in [7, 11) is -1.39. The highest BCUT2D eigenvalue weighted by molar-refractivity contribution is 7.87. The number of ether oxygens (including phenoxy) is 2. The van der Waals surface area contributed by atoms with Crippen LogP contribution in [-0.4, -0.2) is 28.6 Å². The van der Waals surface area contributed by atoms with Gasteiger partial charge in [0.1, 0.15) is 4.90 Å². The summed E-state index contributed by atoms with van der Waals surface area (Å²) in [6.07, 6.45) is 2.74. The zero-order valence-electron chi connectivity index (χ0n) is 13.4. The summed E-state index contributed by atoms with van der Waals surface area (Å²) in [6, 6.07) is 10.1. The summed E-state index contributed by atoms with van der Waals surface area (Å²) in [5, 5.41) is 0.415. The Labute approximate surface area is 150 Å². The van der Waals surface area contributed by atoms with Crippen molar-refractivity contribution in [3.8, 4) is 11.5 Å². The summed E-state index contributed by atoms with van der Waals surface area (Å²) in [5.41, 5.74) is 0.610. The molecule has 0 aliphatic rings. The Morgan fingerprint density at radius 3 is 2.32 bits per heavy atom. The molecule has 2 aromatic carbocycles. The average Bonchev–Trinajstić information content (AvgIpc) is 2.60. The molecule has 0 saturated carbocycles. The number of rotatable bonds is 6. The molecular weight excluding hydrogens is 368 g/mol. The van der Waals surface area contributed by atoms with Gasteiger partial charge in [0.15, 0.2) is 11.5 Å². The molecule has 0 atom stereocenters. The highest BCUT2D eigenvalue weighted by atomic mass is 35.5. The van der Waals surface area contributed by atoms with E-state index in [1.165, 1.54) is 62.8 Å². The Morgan fingerprint density at radius 1 is 1.04 bits per heavy atom. The zero-order chi connectivity index (χ0) is 18.4. The molecule has 0 aliphatic heterocycles. The van der Waals surface area contributed by atoms with Crippen LogP contribution in [0.3, 0.4) is 0 Å². The van der Waals surface area contributed by atoms with E-state index in [4.69, 9.17) is 20.5 Å². The summed E-state index contributed by atoms with van der Waals surface area (Å²) < 4.78 is 39.5. The second kappa shape index (κ2) is 8.04. The van der Waals surface area contributed by atoms with E-state index in [0.717, 1.165) is 0 Å². The van der Waals surface area contributed by atoms with Crippen molar-refractivity contribution in [3.05, 3.63) is 59.1 Å². The first-order valence-electron chi connectivity index (χ1n) is 7.00. The molecule has 0 fully saturated rings. The Bertz CT molecular complexity index is 888. The second-order valence-electron chi connectivity index (χ2n) is 4.76. The van der Waals surface area contributed by atoms with E-state index in [9.17, 15) is 13.2 Å². The number of carbonyl (C=O) groups excluding carboxylic acids is 1. The van der Waals surface area contributed by atoms with Crippen LogP contribution in [0.5, 0.6) is 11.5 Å². The number of halogens is 1. The third-order valence-electron chi connectivity index (χ3n) is 3.10. The number of esters is 1. The minimum atomic E-state index is -4.04. The molecule has 132 valence electrons. The smallest absolute Gasteiger partial charge is 0.339 e. The third-order valence-corrected chi connectivity index (χ3v) is 4.60. The maximum atomic E-state index is 12.3. The first-order chi connectivity index (χ1) is 11.9. The van der Waals surface area contributed by atoms with Crippen molar-refractivity contribution in [2.24, 2.45) is 0 Å². The second-order valence-corrected chi connectivity index (χ2v) is 6.74. The van der Waals surface area contributed by atoms with Gasteiger partial charge >= 0.3 is 16.1 Å². The predicted octanol–water partition coefficient (Wildman–Crippen LogP) is 3.30. The van der Waals surface area contributed by atoms with Gasteiger partial charge in [-0.2, -0.15) is 8.42 Å². The zero-order valence-corrected chi connectivity index (χ0v) is 15.0. The van der Waals surface area contributed by atoms with Gasteiger partial charge in [-0.1, -0.05) is 17.7 Å². The standard InChI is InChI=1S/C17H15ClO6S/c1-22-16-11-12(4-10-17(19)23-2)3-9-15(16)24-25(20,21)14-7-5-13(18)6-8-14/h3-11H,1-2H3/b10-4+. The summed E-state index contributed by atoms with van der Waals surface area (Å²) >= 11 is 5.75. The lowest BCUT2D eigenvalue weighted by Crippen LogP contribution is -2.10. The largest absolute Gasteiger partial charge is 0.493 e. The highest BCUT2D eigenvalue weighted by Gasteiger charge is 2.19. The van der Waals surface area contributed by atoms with E-state index >= 15 is 0 Å². The molecule has 0 N–H and O–H groups in total. The Kier molecular flexibility index (Phi) is 6.06. The predicted molar refractivity (Wildman–Crippen MR) is 93.3 cm³/mol. The first kappa shape index (κ1) is 18.8. The summed E-state index contributed by atoms with van der Waals surface area (Å²) in [5.74, 6) is -0.290. The minimum absolute atomic E-state index is 0.0210. The lowest BCUT2D eigenvalue weighted by Gasteiger charge is -2.11. The van der Waals surface area contributed by atoms with E-state index in [2.05, 4.69) is 4.74 Å². The van der Waals surface area contributed by atoms with Crippen molar-refractivity contribution in [2.75, 3.05) is 14.2 Å². The van der Waals surface area contributed by atoms with Crippen LogP contribution in [0.25, 0.3) is 6.08 Å². The van der Waals surface area contributed by atoms with Crippen LogP contribution in [0.4, 0.5) is 0 Å². The fourth-order valence-corrected chi connectivity index (χ4v) is 2.92. The molecule has 0 amide bonds.